The summed E-state index contributed by atoms with van der Waals surface area (Å²) in [6.45, 7) is 5.66. The Balaban J connectivity index is 2.51. The number of halogens is 1. The highest BCUT2D eigenvalue weighted by atomic mass is 19.1. The number of nitrogens with zero attached hydrogens (tertiary/aromatic N) is 1. The van der Waals surface area contributed by atoms with Crippen molar-refractivity contribution in [3.05, 3.63) is 52.5 Å². The Kier molecular flexibility index (Phi) is 3.70. The van der Waals surface area contributed by atoms with E-state index in [9.17, 15) is 9.18 Å². The molecule has 0 spiro atoms. The average Bonchev–Trinajstić information content (AvgIpc) is 2.40. The molecule has 2 aromatic rings. The van der Waals surface area contributed by atoms with Crippen molar-refractivity contribution in [2.75, 3.05) is 0 Å². The van der Waals surface area contributed by atoms with Gasteiger partial charge in [-0.2, -0.15) is 0 Å². The number of aryl methyl sites for hydroxylation is 2. The van der Waals surface area contributed by atoms with Gasteiger partial charge in [0.2, 0.25) is 5.88 Å². The van der Waals surface area contributed by atoms with Gasteiger partial charge in [-0.1, -0.05) is 12.1 Å². The van der Waals surface area contributed by atoms with Gasteiger partial charge >= 0.3 is 5.97 Å². The molecule has 20 heavy (non-hydrogen) atoms. The van der Waals surface area contributed by atoms with E-state index in [-0.39, 0.29) is 11.4 Å². The highest BCUT2D eigenvalue weighted by Crippen LogP contribution is 2.31. The lowest BCUT2D eigenvalue weighted by molar-refractivity contribution is 0.0692. The first-order valence-electron chi connectivity index (χ1n) is 6.03. The summed E-state index contributed by atoms with van der Waals surface area (Å²) in [5.74, 6) is -1.57. The van der Waals surface area contributed by atoms with Gasteiger partial charge in [0.05, 0.1) is 6.20 Å². The lowest BCUT2D eigenvalue weighted by Gasteiger charge is -2.14. The Morgan fingerprint density at radius 2 is 1.90 bits per heavy atom. The molecule has 0 radical (unpaired) electrons. The van der Waals surface area contributed by atoms with E-state index < -0.39 is 11.8 Å². The van der Waals surface area contributed by atoms with Crippen LogP contribution in [0.3, 0.4) is 0 Å². The third-order valence-corrected chi connectivity index (χ3v) is 3.12. The summed E-state index contributed by atoms with van der Waals surface area (Å²) in [6, 6.07) is 4.72. The molecule has 0 aliphatic heterocycles. The van der Waals surface area contributed by atoms with Crippen LogP contribution < -0.4 is 4.74 Å². The lowest BCUT2D eigenvalue weighted by Crippen LogP contribution is -2.04. The number of pyridine rings is 1. The van der Waals surface area contributed by atoms with Crippen molar-refractivity contribution >= 4 is 5.97 Å². The van der Waals surface area contributed by atoms with Gasteiger partial charge in [0.1, 0.15) is 17.1 Å². The first kappa shape index (κ1) is 14.0. The smallest absolute Gasteiger partial charge is 0.341 e. The molecule has 2 rings (SSSR count). The molecule has 0 atom stereocenters. The molecule has 1 N–H and O–H groups in total. The fraction of sp³-hybridized carbons (Fsp3) is 0.200. The Hall–Kier alpha value is -2.43. The molecule has 4 nitrogen and oxygen atoms in total. The third-order valence-electron chi connectivity index (χ3n) is 3.12. The van der Waals surface area contributed by atoms with Crippen LogP contribution in [0, 0.1) is 26.6 Å². The maximum atomic E-state index is 13.1. The molecule has 1 aromatic carbocycles. The minimum atomic E-state index is -1.28. The maximum Gasteiger partial charge on any atom is 0.341 e. The minimum Gasteiger partial charge on any atom is -0.477 e. The summed E-state index contributed by atoms with van der Waals surface area (Å²) < 4.78 is 18.7. The first-order chi connectivity index (χ1) is 9.40. The largest absolute Gasteiger partial charge is 0.477 e. The standard InChI is InChI=1S/C15H14FNO3/c1-8-4-5-9(2)13(10(8)3)20-14-12(15(18)19)6-11(16)7-17-14/h4-7H,1-3H3,(H,18,19). The zero-order valence-corrected chi connectivity index (χ0v) is 11.4. The van der Waals surface area contributed by atoms with Crippen molar-refractivity contribution in [2.24, 2.45) is 0 Å². The Bertz CT molecular complexity index is 683. The predicted molar refractivity (Wildman–Crippen MR) is 71.9 cm³/mol. The summed E-state index contributed by atoms with van der Waals surface area (Å²) in [6.07, 6.45) is 0.933. The highest BCUT2D eigenvalue weighted by molar-refractivity contribution is 5.90. The summed E-state index contributed by atoms with van der Waals surface area (Å²) in [4.78, 5) is 14.8. The molecule has 0 saturated heterocycles. The second kappa shape index (κ2) is 5.28. The van der Waals surface area contributed by atoms with Crippen molar-refractivity contribution in [1.29, 1.82) is 0 Å². The third kappa shape index (κ3) is 2.61. The molecule has 0 saturated carbocycles. The topological polar surface area (TPSA) is 59.4 Å². The molecule has 0 aliphatic rings. The van der Waals surface area contributed by atoms with Gasteiger partial charge in [-0.05, 0) is 43.5 Å². The van der Waals surface area contributed by atoms with E-state index in [0.29, 0.717) is 5.75 Å². The van der Waals surface area contributed by atoms with Crippen molar-refractivity contribution in [3.8, 4) is 11.6 Å². The van der Waals surface area contributed by atoms with Gasteiger partial charge in [-0.25, -0.2) is 14.2 Å². The number of aromatic nitrogens is 1. The van der Waals surface area contributed by atoms with Crippen molar-refractivity contribution in [1.82, 2.24) is 4.98 Å². The average molecular weight is 275 g/mol. The molecule has 1 aromatic heterocycles. The number of hydrogen-bond donors (Lipinski definition) is 1. The van der Waals surface area contributed by atoms with E-state index in [0.717, 1.165) is 29.0 Å². The molecule has 0 bridgehead atoms. The molecule has 5 heteroatoms. The van der Waals surface area contributed by atoms with Crippen LogP contribution in [-0.2, 0) is 0 Å². The maximum absolute atomic E-state index is 13.1. The van der Waals surface area contributed by atoms with Crippen LogP contribution in [0.4, 0.5) is 4.39 Å². The molecule has 104 valence electrons. The van der Waals surface area contributed by atoms with Crippen LogP contribution in [-0.4, -0.2) is 16.1 Å². The number of carboxylic acid groups (broad SMARTS) is 1. The Morgan fingerprint density at radius 3 is 2.55 bits per heavy atom. The van der Waals surface area contributed by atoms with E-state index >= 15 is 0 Å². The molecular weight excluding hydrogens is 261 g/mol. The second-order valence-corrected chi connectivity index (χ2v) is 4.57. The van der Waals surface area contributed by atoms with Crippen LogP contribution in [0.5, 0.6) is 11.6 Å². The quantitative estimate of drug-likeness (QED) is 0.929. The number of carbonyl (C=O) groups is 1. The predicted octanol–water partition coefficient (Wildman–Crippen LogP) is 3.64. The lowest BCUT2D eigenvalue weighted by atomic mass is 10.1. The van der Waals surface area contributed by atoms with E-state index in [1.54, 1.807) is 0 Å². The number of rotatable bonds is 3. The van der Waals surface area contributed by atoms with Gasteiger partial charge in [0.25, 0.3) is 0 Å². The number of carboxylic acids is 1. The zero-order chi connectivity index (χ0) is 14.9. The Morgan fingerprint density at radius 1 is 1.25 bits per heavy atom. The SMILES string of the molecule is Cc1ccc(C)c(Oc2ncc(F)cc2C(=O)O)c1C. The molecule has 0 unspecified atom stereocenters. The summed E-state index contributed by atoms with van der Waals surface area (Å²) in [5, 5.41) is 9.07. The minimum absolute atomic E-state index is 0.115. The molecule has 0 fully saturated rings. The van der Waals surface area contributed by atoms with Crippen LogP contribution >= 0.6 is 0 Å². The van der Waals surface area contributed by atoms with Crippen molar-refractivity contribution in [2.45, 2.75) is 20.8 Å². The number of aromatic carboxylic acids is 1. The van der Waals surface area contributed by atoms with Crippen LogP contribution in [0.15, 0.2) is 24.4 Å². The van der Waals surface area contributed by atoms with Crippen molar-refractivity contribution in [3.63, 3.8) is 0 Å². The van der Waals surface area contributed by atoms with Crippen molar-refractivity contribution < 1.29 is 19.0 Å². The van der Waals surface area contributed by atoms with Crippen LogP contribution in [0.2, 0.25) is 0 Å². The zero-order valence-electron chi connectivity index (χ0n) is 11.4. The normalized spacial score (nSPS) is 10.4. The monoisotopic (exact) mass is 275 g/mol. The fourth-order valence-electron chi connectivity index (χ4n) is 1.84. The summed E-state index contributed by atoms with van der Waals surface area (Å²) in [5.41, 5.74) is 2.47. The molecule has 0 amide bonds. The highest BCUT2D eigenvalue weighted by Gasteiger charge is 2.17. The first-order valence-corrected chi connectivity index (χ1v) is 6.03. The van der Waals surface area contributed by atoms with Gasteiger partial charge in [-0.15, -0.1) is 0 Å². The van der Waals surface area contributed by atoms with E-state index in [1.807, 2.05) is 32.9 Å². The van der Waals surface area contributed by atoms with E-state index in [2.05, 4.69) is 4.98 Å². The summed E-state index contributed by atoms with van der Waals surface area (Å²) in [7, 11) is 0. The van der Waals surface area contributed by atoms with Crippen LogP contribution in [0.1, 0.15) is 27.0 Å². The number of ether oxygens (including phenoxy) is 1. The van der Waals surface area contributed by atoms with Gasteiger partial charge in [0.15, 0.2) is 0 Å². The number of benzene rings is 1. The molecule has 0 aliphatic carbocycles. The number of hydrogen-bond acceptors (Lipinski definition) is 3. The molecule has 1 heterocycles. The fourth-order valence-corrected chi connectivity index (χ4v) is 1.84. The van der Waals surface area contributed by atoms with Gasteiger partial charge in [0, 0.05) is 0 Å². The van der Waals surface area contributed by atoms with Gasteiger partial charge in [-0.3, -0.25) is 0 Å². The van der Waals surface area contributed by atoms with E-state index in [1.165, 1.54) is 0 Å². The molecular formula is C15H14FNO3. The van der Waals surface area contributed by atoms with Crippen LogP contribution in [0.25, 0.3) is 0 Å². The second-order valence-electron chi connectivity index (χ2n) is 4.57. The Labute approximate surface area is 115 Å². The van der Waals surface area contributed by atoms with Gasteiger partial charge < -0.3 is 9.84 Å². The van der Waals surface area contributed by atoms with E-state index in [4.69, 9.17) is 9.84 Å². The summed E-state index contributed by atoms with van der Waals surface area (Å²) >= 11 is 0.